The van der Waals surface area contributed by atoms with E-state index in [9.17, 15) is 0 Å². The van der Waals surface area contributed by atoms with Crippen LogP contribution in [0.4, 0.5) is 0 Å². The van der Waals surface area contributed by atoms with Crippen LogP contribution in [0.1, 0.15) is 31.4 Å². The normalized spacial score (nSPS) is 24.6. The van der Waals surface area contributed by atoms with Crippen LogP contribution in [0, 0.1) is 0 Å². The van der Waals surface area contributed by atoms with Gasteiger partial charge in [-0.15, -0.1) is 0 Å². The second kappa shape index (κ2) is 4.37. The standard InChI is InChI=1S/C12H18N4S/c1-16-10(4-7-14-16)8-13-11-15-12(9-17-11)5-2-3-6-12/h4,7H,2-3,5-6,8-9H2,1H3,(H,13,15). The molecule has 3 rings (SSSR count). The lowest BCUT2D eigenvalue weighted by molar-refractivity contribution is 0.452. The molecule has 0 atom stereocenters. The second-order valence-electron chi connectivity index (χ2n) is 4.97. The molecule has 5 heteroatoms. The minimum absolute atomic E-state index is 0.371. The van der Waals surface area contributed by atoms with Crippen LogP contribution >= 0.6 is 11.8 Å². The highest BCUT2D eigenvalue weighted by atomic mass is 32.2. The average molecular weight is 250 g/mol. The van der Waals surface area contributed by atoms with E-state index >= 15 is 0 Å². The molecule has 1 aliphatic carbocycles. The molecule has 0 radical (unpaired) electrons. The lowest BCUT2D eigenvalue weighted by Gasteiger charge is -2.21. The lowest BCUT2D eigenvalue weighted by Crippen LogP contribution is -2.40. The summed E-state index contributed by atoms with van der Waals surface area (Å²) in [5, 5.41) is 8.90. The number of nitrogens with one attached hydrogen (secondary N) is 1. The Kier molecular flexibility index (Phi) is 2.86. The van der Waals surface area contributed by atoms with E-state index in [2.05, 4.69) is 15.4 Å². The van der Waals surface area contributed by atoms with Gasteiger partial charge in [0, 0.05) is 24.5 Å². The molecule has 2 aliphatic rings. The predicted octanol–water partition coefficient (Wildman–Crippen LogP) is 1.93. The van der Waals surface area contributed by atoms with Gasteiger partial charge in [0.25, 0.3) is 0 Å². The average Bonchev–Trinajstić information content (AvgIpc) is 3.01. The van der Waals surface area contributed by atoms with Gasteiger partial charge in [-0.3, -0.25) is 9.67 Å². The predicted molar refractivity (Wildman–Crippen MR) is 71.1 cm³/mol. The maximum Gasteiger partial charge on any atom is 0.157 e. The van der Waals surface area contributed by atoms with Crippen LogP contribution in [0.15, 0.2) is 17.3 Å². The first-order chi connectivity index (χ1) is 8.27. The summed E-state index contributed by atoms with van der Waals surface area (Å²) >= 11 is 1.88. The van der Waals surface area contributed by atoms with E-state index in [4.69, 9.17) is 0 Å². The molecule has 0 unspecified atom stereocenters. The van der Waals surface area contributed by atoms with E-state index in [1.54, 1.807) is 0 Å². The molecule has 92 valence electrons. The highest BCUT2D eigenvalue weighted by Gasteiger charge is 2.39. The lowest BCUT2D eigenvalue weighted by atomic mass is 10.0. The summed E-state index contributed by atoms with van der Waals surface area (Å²) in [7, 11) is 1.96. The van der Waals surface area contributed by atoms with Gasteiger partial charge in [0.05, 0.1) is 12.2 Å². The van der Waals surface area contributed by atoms with Crippen LogP contribution in [-0.4, -0.2) is 26.2 Å². The van der Waals surface area contributed by atoms with E-state index in [-0.39, 0.29) is 0 Å². The van der Waals surface area contributed by atoms with Gasteiger partial charge in [-0.1, -0.05) is 24.6 Å². The van der Waals surface area contributed by atoms with Crippen LogP contribution < -0.4 is 5.32 Å². The van der Waals surface area contributed by atoms with E-state index in [1.165, 1.54) is 31.4 Å². The molecule has 0 aromatic carbocycles. The molecule has 1 spiro atoms. The summed E-state index contributed by atoms with van der Waals surface area (Å²) in [6.45, 7) is 0.724. The fraction of sp³-hybridized carbons (Fsp3) is 0.667. The number of hydrogen-bond acceptors (Lipinski definition) is 3. The summed E-state index contributed by atoms with van der Waals surface area (Å²) in [6, 6.07) is 2.02. The zero-order valence-corrected chi connectivity index (χ0v) is 11.0. The van der Waals surface area contributed by atoms with E-state index < -0.39 is 0 Å². The van der Waals surface area contributed by atoms with Crippen molar-refractivity contribution in [3.63, 3.8) is 0 Å². The molecule has 2 heterocycles. The van der Waals surface area contributed by atoms with E-state index in [0.29, 0.717) is 5.54 Å². The Labute approximate surface area is 106 Å². The fourth-order valence-electron chi connectivity index (χ4n) is 2.62. The molecule has 0 amide bonds. The molecule has 17 heavy (non-hydrogen) atoms. The fourth-order valence-corrected chi connectivity index (χ4v) is 3.84. The minimum atomic E-state index is 0.371. The number of amidine groups is 1. The van der Waals surface area contributed by atoms with Crippen LogP contribution in [-0.2, 0) is 13.6 Å². The summed E-state index contributed by atoms with van der Waals surface area (Å²) in [5.41, 5.74) is 1.53. The zero-order chi connectivity index (χ0) is 11.7. The van der Waals surface area contributed by atoms with Crippen molar-refractivity contribution in [3.05, 3.63) is 18.0 Å². The Hall–Kier alpha value is -0.970. The van der Waals surface area contributed by atoms with Crippen molar-refractivity contribution in [3.8, 4) is 0 Å². The first kappa shape index (κ1) is 11.1. The van der Waals surface area contributed by atoms with Crippen LogP contribution in [0.3, 0.4) is 0 Å². The van der Waals surface area contributed by atoms with Crippen molar-refractivity contribution < 1.29 is 0 Å². The number of aliphatic imine (C=N–C) groups is 1. The summed E-state index contributed by atoms with van der Waals surface area (Å²) < 4.78 is 1.88. The minimum Gasteiger partial charge on any atom is -0.359 e. The molecular weight excluding hydrogens is 232 g/mol. The number of thioether (sulfide) groups is 1. The first-order valence-electron chi connectivity index (χ1n) is 6.20. The van der Waals surface area contributed by atoms with Crippen molar-refractivity contribution in [2.24, 2.45) is 12.0 Å². The number of nitrogens with zero attached hydrogens (tertiary/aromatic N) is 3. The Balaban J connectivity index is 1.64. The molecule has 1 aromatic rings. The van der Waals surface area contributed by atoms with Gasteiger partial charge in [0.2, 0.25) is 0 Å². The quantitative estimate of drug-likeness (QED) is 0.872. The van der Waals surface area contributed by atoms with Gasteiger partial charge in [-0.2, -0.15) is 5.10 Å². The number of aromatic nitrogens is 2. The van der Waals surface area contributed by atoms with Gasteiger partial charge < -0.3 is 5.32 Å². The van der Waals surface area contributed by atoms with E-state index in [0.717, 1.165) is 17.4 Å². The van der Waals surface area contributed by atoms with Crippen LogP contribution in [0.25, 0.3) is 0 Å². The third-order valence-electron chi connectivity index (χ3n) is 3.73. The smallest absolute Gasteiger partial charge is 0.157 e. The maximum absolute atomic E-state index is 4.65. The number of hydrogen-bond donors (Lipinski definition) is 1. The van der Waals surface area contributed by atoms with Gasteiger partial charge in [-0.25, -0.2) is 0 Å². The van der Waals surface area contributed by atoms with Crippen molar-refractivity contribution in [1.29, 1.82) is 0 Å². The number of rotatable bonds is 2. The molecule has 1 aromatic heterocycles. The monoisotopic (exact) mass is 250 g/mol. The third kappa shape index (κ3) is 2.20. The van der Waals surface area contributed by atoms with Gasteiger partial charge >= 0.3 is 0 Å². The van der Waals surface area contributed by atoms with Gasteiger partial charge in [0.1, 0.15) is 0 Å². The summed E-state index contributed by atoms with van der Waals surface area (Å²) in [6.07, 6.45) is 7.17. The molecule has 1 saturated carbocycles. The topological polar surface area (TPSA) is 42.2 Å². The zero-order valence-electron chi connectivity index (χ0n) is 10.1. The second-order valence-corrected chi connectivity index (χ2v) is 5.93. The molecule has 1 aliphatic heterocycles. The van der Waals surface area contributed by atoms with Crippen LogP contribution in [0.5, 0.6) is 0 Å². The number of aryl methyl sites for hydroxylation is 1. The highest BCUT2D eigenvalue weighted by molar-refractivity contribution is 8.14. The highest BCUT2D eigenvalue weighted by Crippen LogP contribution is 2.37. The molecule has 1 N–H and O–H groups in total. The summed E-state index contributed by atoms with van der Waals surface area (Å²) in [5.74, 6) is 1.19. The van der Waals surface area contributed by atoms with Gasteiger partial charge in [0.15, 0.2) is 5.17 Å². The summed E-state index contributed by atoms with van der Waals surface area (Å²) in [4.78, 5) is 4.65. The van der Waals surface area contributed by atoms with Crippen molar-refractivity contribution in [2.75, 3.05) is 5.75 Å². The third-order valence-corrected chi connectivity index (χ3v) is 4.93. The molecule has 4 nitrogen and oxygen atoms in total. The molecule has 2 fully saturated rings. The van der Waals surface area contributed by atoms with Crippen molar-refractivity contribution in [2.45, 2.75) is 37.8 Å². The maximum atomic E-state index is 4.65. The Morgan fingerprint density at radius 3 is 3.06 bits per heavy atom. The Morgan fingerprint density at radius 1 is 1.53 bits per heavy atom. The van der Waals surface area contributed by atoms with Gasteiger partial charge in [-0.05, 0) is 18.9 Å². The van der Waals surface area contributed by atoms with Crippen molar-refractivity contribution in [1.82, 2.24) is 15.1 Å². The first-order valence-corrected chi connectivity index (χ1v) is 7.18. The van der Waals surface area contributed by atoms with Crippen LogP contribution in [0.2, 0.25) is 0 Å². The molecule has 1 saturated heterocycles. The Bertz CT molecular complexity index is 431. The largest absolute Gasteiger partial charge is 0.359 e. The SMILES string of the molecule is Cn1nccc1CN=C1NC2(CCCC2)CS1. The van der Waals surface area contributed by atoms with Crippen molar-refractivity contribution >= 4 is 16.9 Å². The van der Waals surface area contributed by atoms with E-state index in [1.807, 2.05) is 35.8 Å². The Morgan fingerprint density at radius 2 is 2.35 bits per heavy atom. The molecular formula is C12H18N4S. The molecule has 0 bridgehead atoms.